The number of hydrogen-bond donors (Lipinski definition) is 3. The molecule has 0 atom stereocenters. The second kappa shape index (κ2) is 6.58. The Labute approximate surface area is 107 Å². The number of carbonyl (C=O) groups excluding carboxylic acids is 1. The Morgan fingerprint density at radius 2 is 1.82 bits per heavy atom. The molecule has 0 unspecified atom stereocenters. The lowest BCUT2D eigenvalue weighted by molar-refractivity contribution is 0.0684. The van der Waals surface area contributed by atoms with Gasteiger partial charge in [0.1, 0.15) is 5.75 Å². The van der Waals surface area contributed by atoms with Crippen LogP contribution >= 0.6 is 15.9 Å². The summed E-state index contributed by atoms with van der Waals surface area (Å²) in [5.41, 5.74) is 0.313. The zero-order valence-corrected chi connectivity index (χ0v) is 10.7. The maximum Gasteiger partial charge on any atom is 0.254 e. The molecule has 3 N–H and O–H groups in total. The summed E-state index contributed by atoms with van der Waals surface area (Å²) in [6, 6.07) is 4.47. The van der Waals surface area contributed by atoms with Gasteiger partial charge in [0.05, 0.1) is 17.7 Å². The van der Waals surface area contributed by atoms with Gasteiger partial charge in [0.2, 0.25) is 0 Å². The second-order valence-corrected chi connectivity index (χ2v) is 4.26. The molecule has 0 aliphatic heterocycles. The highest BCUT2D eigenvalue weighted by Crippen LogP contribution is 2.24. The molecule has 1 rings (SSSR count). The third kappa shape index (κ3) is 3.69. The minimum absolute atomic E-state index is 0.0243. The molecule has 0 aliphatic rings. The molecule has 94 valence electrons. The summed E-state index contributed by atoms with van der Waals surface area (Å²) < 4.78 is 0.505. The van der Waals surface area contributed by atoms with Crippen LogP contribution in [0.25, 0.3) is 0 Å². The third-order valence-corrected chi connectivity index (χ3v) is 2.89. The first-order valence-corrected chi connectivity index (χ1v) is 5.89. The van der Waals surface area contributed by atoms with E-state index in [2.05, 4.69) is 15.9 Å². The molecule has 1 aromatic rings. The van der Waals surface area contributed by atoms with Crippen LogP contribution in [0.4, 0.5) is 0 Å². The number of aliphatic hydroxyl groups excluding tert-OH is 2. The van der Waals surface area contributed by atoms with Gasteiger partial charge in [0.15, 0.2) is 0 Å². The van der Waals surface area contributed by atoms with Crippen molar-refractivity contribution in [1.82, 2.24) is 4.90 Å². The van der Waals surface area contributed by atoms with E-state index in [0.29, 0.717) is 10.0 Å². The highest BCUT2D eigenvalue weighted by Gasteiger charge is 2.15. The molecule has 0 spiro atoms. The van der Waals surface area contributed by atoms with Crippen molar-refractivity contribution in [3.05, 3.63) is 28.2 Å². The van der Waals surface area contributed by atoms with Crippen molar-refractivity contribution in [3.8, 4) is 5.75 Å². The van der Waals surface area contributed by atoms with Crippen molar-refractivity contribution in [3.63, 3.8) is 0 Å². The number of phenols is 1. The first-order valence-electron chi connectivity index (χ1n) is 5.09. The quantitative estimate of drug-likeness (QED) is 0.743. The van der Waals surface area contributed by atoms with Crippen LogP contribution in [0, 0.1) is 0 Å². The predicted molar refractivity (Wildman–Crippen MR) is 65.9 cm³/mol. The summed E-state index contributed by atoms with van der Waals surface area (Å²) in [5, 5.41) is 27.1. The van der Waals surface area contributed by atoms with Gasteiger partial charge in [-0.05, 0) is 34.1 Å². The molecule has 5 nitrogen and oxygen atoms in total. The largest absolute Gasteiger partial charge is 0.507 e. The van der Waals surface area contributed by atoms with Crippen molar-refractivity contribution in [2.75, 3.05) is 26.3 Å². The standard InChI is InChI=1S/C11H14BrNO4/c12-9-2-1-8(7-10(9)16)11(17)13(3-5-14)4-6-15/h1-2,7,14-16H,3-6H2. The van der Waals surface area contributed by atoms with Crippen LogP contribution in [0.1, 0.15) is 10.4 Å². The summed E-state index contributed by atoms with van der Waals surface area (Å²) in [6.45, 7) is -0.0467. The Hall–Kier alpha value is -1.11. The van der Waals surface area contributed by atoms with E-state index in [1.165, 1.54) is 11.0 Å². The number of benzene rings is 1. The summed E-state index contributed by atoms with van der Waals surface area (Å²) >= 11 is 3.12. The van der Waals surface area contributed by atoms with Gasteiger partial charge < -0.3 is 20.2 Å². The molecule has 0 aromatic heterocycles. The minimum atomic E-state index is -0.337. The Kier molecular flexibility index (Phi) is 5.40. The van der Waals surface area contributed by atoms with Gasteiger partial charge in [-0.15, -0.1) is 0 Å². The highest BCUT2D eigenvalue weighted by atomic mass is 79.9. The van der Waals surface area contributed by atoms with Crippen molar-refractivity contribution < 1.29 is 20.1 Å². The minimum Gasteiger partial charge on any atom is -0.507 e. The summed E-state index contributed by atoms with van der Waals surface area (Å²) in [5.74, 6) is -0.361. The number of hydrogen-bond acceptors (Lipinski definition) is 4. The second-order valence-electron chi connectivity index (χ2n) is 3.41. The van der Waals surface area contributed by atoms with E-state index in [9.17, 15) is 9.90 Å². The lowest BCUT2D eigenvalue weighted by Gasteiger charge is -2.20. The molecule has 0 radical (unpaired) electrons. The fourth-order valence-corrected chi connectivity index (χ4v) is 1.63. The van der Waals surface area contributed by atoms with Crippen LogP contribution in [0.15, 0.2) is 22.7 Å². The van der Waals surface area contributed by atoms with E-state index in [-0.39, 0.29) is 38.0 Å². The van der Waals surface area contributed by atoms with E-state index in [1.54, 1.807) is 12.1 Å². The van der Waals surface area contributed by atoms with Crippen molar-refractivity contribution >= 4 is 21.8 Å². The van der Waals surface area contributed by atoms with Crippen LogP contribution in [0.5, 0.6) is 5.75 Å². The fraction of sp³-hybridized carbons (Fsp3) is 0.364. The molecule has 0 saturated carbocycles. The number of aliphatic hydroxyl groups is 2. The predicted octanol–water partition coefficient (Wildman–Crippen LogP) is 0.581. The van der Waals surface area contributed by atoms with Crippen LogP contribution in [0.3, 0.4) is 0 Å². The molecule has 1 aromatic carbocycles. The lowest BCUT2D eigenvalue weighted by atomic mass is 10.2. The van der Waals surface area contributed by atoms with E-state index in [0.717, 1.165) is 0 Å². The monoisotopic (exact) mass is 303 g/mol. The Bertz CT molecular complexity index is 391. The maximum absolute atomic E-state index is 12.0. The SMILES string of the molecule is O=C(c1ccc(Br)c(O)c1)N(CCO)CCO. The Balaban J connectivity index is 2.88. The molecule has 0 heterocycles. The van der Waals surface area contributed by atoms with Gasteiger partial charge in [0, 0.05) is 18.7 Å². The molecule has 0 saturated heterocycles. The molecular weight excluding hydrogens is 290 g/mol. The smallest absolute Gasteiger partial charge is 0.254 e. The average molecular weight is 304 g/mol. The van der Waals surface area contributed by atoms with Crippen LogP contribution in [0.2, 0.25) is 0 Å². The van der Waals surface area contributed by atoms with Crippen LogP contribution in [-0.2, 0) is 0 Å². The molecule has 0 bridgehead atoms. The number of amides is 1. The van der Waals surface area contributed by atoms with Crippen molar-refractivity contribution in [1.29, 1.82) is 0 Å². The number of phenolic OH excluding ortho intramolecular Hbond substituents is 1. The molecular formula is C11H14BrNO4. The molecule has 0 fully saturated rings. The summed E-state index contributed by atoms with van der Waals surface area (Å²) in [4.78, 5) is 13.3. The third-order valence-electron chi connectivity index (χ3n) is 2.22. The number of aromatic hydroxyl groups is 1. The van der Waals surface area contributed by atoms with E-state index in [1.807, 2.05) is 0 Å². The normalized spacial score (nSPS) is 10.3. The van der Waals surface area contributed by atoms with Gasteiger partial charge in [-0.25, -0.2) is 0 Å². The van der Waals surface area contributed by atoms with E-state index < -0.39 is 0 Å². The van der Waals surface area contributed by atoms with Gasteiger partial charge >= 0.3 is 0 Å². The zero-order valence-electron chi connectivity index (χ0n) is 9.14. The maximum atomic E-state index is 12.0. The molecule has 1 amide bonds. The Morgan fingerprint density at radius 3 is 2.29 bits per heavy atom. The van der Waals surface area contributed by atoms with E-state index in [4.69, 9.17) is 10.2 Å². The van der Waals surface area contributed by atoms with Gasteiger partial charge in [-0.2, -0.15) is 0 Å². The first kappa shape index (κ1) is 14.0. The molecule has 0 aliphatic carbocycles. The van der Waals surface area contributed by atoms with Crippen LogP contribution in [-0.4, -0.2) is 52.4 Å². The first-order chi connectivity index (χ1) is 8.10. The number of carbonyl (C=O) groups is 1. The summed E-state index contributed by atoms with van der Waals surface area (Å²) in [6.07, 6.45) is 0. The van der Waals surface area contributed by atoms with Crippen molar-refractivity contribution in [2.24, 2.45) is 0 Å². The van der Waals surface area contributed by atoms with Gasteiger partial charge in [-0.1, -0.05) is 0 Å². The zero-order chi connectivity index (χ0) is 12.8. The van der Waals surface area contributed by atoms with E-state index >= 15 is 0 Å². The topological polar surface area (TPSA) is 81.0 Å². The molecule has 6 heteroatoms. The van der Waals surface area contributed by atoms with Gasteiger partial charge in [-0.3, -0.25) is 4.79 Å². The van der Waals surface area contributed by atoms with Crippen molar-refractivity contribution in [2.45, 2.75) is 0 Å². The Morgan fingerprint density at radius 1 is 1.24 bits per heavy atom. The number of halogens is 1. The number of nitrogens with zero attached hydrogens (tertiary/aromatic N) is 1. The van der Waals surface area contributed by atoms with Crippen LogP contribution < -0.4 is 0 Å². The summed E-state index contributed by atoms with van der Waals surface area (Å²) in [7, 11) is 0. The fourth-order valence-electron chi connectivity index (χ4n) is 1.38. The molecule has 17 heavy (non-hydrogen) atoms. The van der Waals surface area contributed by atoms with Gasteiger partial charge in [0.25, 0.3) is 5.91 Å². The highest BCUT2D eigenvalue weighted by molar-refractivity contribution is 9.10. The average Bonchev–Trinajstić information content (AvgIpc) is 2.31. The number of rotatable bonds is 5. The lowest BCUT2D eigenvalue weighted by Crippen LogP contribution is -2.35.